The maximum absolute atomic E-state index is 12.6. The molecule has 10 heteroatoms. The molecule has 152 valence electrons. The van der Waals surface area contributed by atoms with Gasteiger partial charge in [-0.25, -0.2) is 0 Å². The highest BCUT2D eigenvalue weighted by molar-refractivity contribution is 6.03. The first-order valence-electron chi connectivity index (χ1n) is 7.93. The van der Waals surface area contributed by atoms with Crippen LogP contribution in [0.25, 0.3) is 6.08 Å². The lowest BCUT2D eigenvalue weighted by atomic mass is 10.1. The molecular formula is C19H14F4N2O4. The van der Waals surface area contributed by atoms with Crippen molar-refractivity contribution in [3.05, 3.63) is 53.6 Å². The maximum Gasteiger partial charge on any atom is 0.387 e. The van der Waals surface area contributed by atoms with E-state index in [9.17, 15) is 22.4 Å². The number of carbonyl (C=O) groups is 1. The lowest BCUT2D eigenvalue weighted by Gasteiger charge is -2.11. The van der Waals surface area contributed by atoms with Gasteiger partial charge in [0.15, 0.2) is 0 Å². The summed E-state index contributed by atoms with van der Waals surface area (Å²) < 4.78 is 63.2. The summed E-state index contributed by atoms with van der Waals surface area (Å²) in [6.07, 6.45) is 2.17. The highest BCUT2D eigenvalue weighted by atomic mass is 19.3. The molecule has 1 amide bonds. The Labute approximate surface area is 162 Å². The van der Waals surface area contributed by atoms with Crippen LogP contribution in [0, 0.1) is 11.3 Å². The number of benzene rings is 2. The highest BCUT2D eigenvalue weighted by Crippen LogP contribution is 2.29. The summed E-state index contributed by atoms with van der Waals surface area (Å²) in [6, 6.07) is 9.45. The zero-order valence-corrected chi connectivity index (χ0v) is 14.9. The zero-order chi connectivity index (χ0) is 21.4. The Morgan fingerprint density at radius 1 is 1.07 bits per heavy atom. The summed E-state index contributed by atoms with van der Waals surface area (Å²) in [4.78, 5) is 12.2. The molecule has 0 atom stereocenters. The van der Waals surface area contributed by atoms with Crippen molar-refractivity contribution in [2.45, 2.75) is 13.2 Å². The van der Waals surface area contributed by atoms with Crippen LogP contribution >= 0.6 is 0 Å². The van der Waals surface area contributed by atoms with E-state index in [-0.39, 0.29) is 22.6 Å². The van der Waals surface area contributed by atoms with Gasteiger partial charge in [0.1, 0.15) is 17.2 Å². The van der Waals surface area contributed by atoms with Gasteiger partial charge in [-0.3, -0.25) is 4.79 Å². The number of nitriles is 1. The van der Waals surface area contributed by atoms with Crippen molar-refractivity contribution < 1.29 is 36.6 Å². The zero-order valence-electron chi connectivity index (χ0n) is 14.9. The number of hydrogen-bond donors (Lipinski definition) is 1. The van der Waals surface area contributed by atoms with E-state index in [0.29, 0.717) is 5.75 Å². The molecule has 0 spiro atoms. The first kappa shape index (κ1) is 21.6. The van der Waals surface area contributed by atoms with Gasteiger partial charge in [-0.1, -0.05) is 0 Å². The SMILES string of the molecule is COc1ccc(C#N)cc1NC(=O)/C=C/c1ccc(OC(F)F)cc1OC(F)F. The Kier molecular flexibility index (Phi) is 7.42. The number of methoxy groups -OCH3 is 1. The maximum atomic E-state index is 12.6. The van der Waals surface area contributed by atoms with Crippen molar-refractivity contribution in [1.82, 2.24) is 0 Å². The van der Waals surface area contributed by atoms with Gasteiger partial charge < -0.3 is 19.5 Å². The number of ether oxygens (including phenoxy) is 3. The number of carbonyl (C=O) groups excluding carboxylic acids is 1. The molecule has 1 N–H and O–H groups in total. The standard InChI is InChI=1S/C19H14F4N2O4/c1-27-15-6-2-11(10-24)8-14(15)25-17(26)7-4-12-3-5-13(28-18(20)21)9-16(12)29-19(22)23/h2-9,18-19H,1H3,(H,25,26)/b7-4+. The molecule has 0 fully saturated rings. The van der Waals surface area contributed by atoms with E-state index in [1.54, 1.807) is 0 Å². The van der Waals surface area contributed by atoms with Crippen molar-refractivity contribution >= 4 is 17.7 Å². The summed E-state index contributed by atoms with van der Waals surface area (Å²) in [5, 5.41) is 11.4. The predicted octanol–water partition coefficient (Wildman–Crippen LogP) is 4.42. The third-order valence-electron chi connectivity index (χ3n) is 3.43. The molecule has 6 nitrogen and oxygen atoms in total. The first-order valence-corrected chi connectivity index (χ1v) is 7.93. The normalized spacial score (nSPS) is 10.8. The predicted molar refractivity (Wildman–Crippen MR) is 95.1 cm³/mol. The minimum atomic E-state index is -3.21. The Morgan fingerprint density at radius 3 is 2.41 bits per heavy atom. The van der Waals surface area contributed by atoms with Gasteiger partial charge in [-0.05, 0) is 36.4 Å². The Morgan fingerprint density at radius 2 is 1.79 bits per heavy atom. The Balaban J connectivity index is 2.22. The molecule has 0 unspecified atom stereocenters. The van der Waals surface area contributed by atoms with Crippen molar-refractivity contribution in [1.29, 1.82) is 5.26 Å². The lowest BCUT2D eigenvalue weighted by molar-refractivity contribution is -0.111. The number of anilines is 1. The van der Waals surface area contributed by atoms with E-state index in [4.69, 9.17) is 10.00 Å². The molecule has 2 rings (SSSR count). The molecular weight excluding hydrogens is 396 g/mol. The molecule has 0 aliphatic rings. The molecule has 0 aliphatic heterocycles. The van der Waals surface area contributed by atoms with Crippen LogP contribution in [0.3, 0.4) is 0 Å². The van der Waals surface area contributed by atoms with Crippen molar-refractivity contribution in [2.75, 3.05) is 12.4 Å². The second kappa shape index (κ2) is 9.98. The fourth-order valence-electron chi connectivity index (χ4n) is 2.24. The number of nitrogens with one attached hydrogen (secondary N) is 1. The van der Waals surface area contributed by atoms with Crippen molar-refractivity contribution in [3.63, 3.8) is 0 Å². The fraction of sp³-hybridized carbons (Fsp3) is 0.158. The van der Waals surface area contributed by atoms with Gasteiger partial charge in [-0.15, -0.1) is 0 Å². The molecule has 2 aromatic carbocycles. The van der Waals surface area contributed by atoms with Crippen LogP contribution in [0.15, 0.2) is 42.5 Å². The Bertz CT molecular complexity index is 942. The fourth-order valence-corrected chi connectivity index (χ4v) is 2.24. The third-order valence-corrected chi connectivity index (χ3v) is 3.43. The minimum absolute atomic E-state index is 0.0276. The van der Waals surface area contributed by atoms with Crippen LogP contribution in [0.2, 0.25) is 0 Å². The van der Waals surface area contributed by atoms with Crippen LogP contribution < -0.4 is 19.5 Å². The van der Waals surface area contributed by atoms with Crippen LogP contribution in [0.1, 0.15) is 11.1 Å². The van der Waals surface area contributed by atoms with Gasteiger partial charge in [-0.2, -0.15) is 22.8 Å². The third kappa shape index (κ3) is 6.42. The van der Waals surface area contributed by atoms with Crippen molar-refractivity contribution in [2.24, 2.45) is 0 Å². The summed E-state index contributed by atoms with van der Waals surface area (Å²) in [5.41, 5.74) is 0.540. The summed E-state index contributed by atoms with van der Waals surface area (Å²) in [6.45, 7) is -6.35. The largest absolute Gasteiger partial charge is 0.495 e. The van der Waals surface area contributed by atoms with Gasteiger partial charge in [0.2, 0.25) is 5.91 Å². The van der Waals surface area contributed by atoms with Crippen LogP contribution in [-0.4, -0.2) is 26.2 Å². The molecule has 0 aliphatic carbocycles. The molecule has 0 saturated heterocycles. The number of nitrogens with zero attached hydrogens (tertiary/aromatic N) is 1. The number of hydrogen-bond acceptors (Lipinski definition) is 5. The van der Waals surface area contributed by atoms with Crippen LogP contribution in [-0.2, 0) is 4.79 Å². The van der Waals surface area contributed by atoms with E-state index in [0.717, 1.165) is 24.3 Å². The summed E-state index contributed by atoms with van der Waals surface area (Å²) in [5.74, 6) is -1.18. The monoisotopic (exact) mass is 410 g/mol. The average Bonchev–Trinajstić information content (AvgIpc) is 2.66. The van der Waals surface area contributed by atoms with E-state index >= 15 is 0 Å². The second-order valence-electron chi connectivity index (χ2n) is 5.31. The molecule has 0 aromatic heterocycles. The molecule has 0 bridgehead atoms. The quantitative estimate of drug-likeness (QED) is 0.515. The average molecular weight is 410 g/mol. The number of amides is 1. The molecule has 0 heterocycles. The summed E-state index contributed by atoms with van der Waals surface area (Å²) >= 11 is 0. The van der Waals surface area contributed by atoms with Crippen LogP contribution in [0.5, 0.6) is 17.2 Å². The van der Waals surface area contributed by atoms with Crippen LogP contribution in [0.4, 0.5) is 23.2 Å². The lowest BCUT2D eigenvalue weighted by Crippen LogP contribution is -2.09. The molecule has 2 aromatic rings. The van der Waals surface area contributed by atoms with E-state index in [1.807, 2.05) is 6.07 Å². The van der Waals surface area contributed by atoms with E-state index < -0.39 is 24.9 Å². The van der Waals surface area contributed by atoms with Gasteiger partial charge in [0.05, 0.1) is 24.4 Å². The van der Waals surface area contributed by atoms with Gasteiger partial charge >= 0.3 is 13.2 Å². The number of rotatable bonds is 8. The highest BCUT2D eigenvalue weighted by Gasteiger charge is 2.13. The molecule has 0 radical (unpaired) electrons. The van der Waals surface area contributed by atoms with E-state index in [1.165, 1.54) is 31.4 Å². The van der Waals surface area contributed by atoms with E-state index in [2.05, 4.69) is 14.8 Å². The number of halogens is 4. The minimum Gasteiger partial charge on any atom is -0.495 e. The molecule has 29 heavy (non-hydrogen) atoms. The second-order valence-corrected chi connectivity index (χ2v) is 5.31. The smallest absolute Gasteiger partial charge is 0.387 e. The van der Waals surface area contributed by atoms with Gasteiger partial charge in [0.25, 0.3) is 0 Å². The summed E-state index contributed by atoms with van der Waals surface area (Å²) in [7, 11) is 1.38. The molecule has 0 saturated carbocycles. The Hall–Kier alpha value is -3.74. The number of alkyl halides is 4. The first-order chi connectivity index (χ1) is 13.8. The van der Waals surface area contributed by atoms with Crippen molar-refractivity contribution in [3.8, 4) is 23.3 Å². The van der Waals surface area contributed by atoms with Gasteiger partial charge in [0, 0.05) is 17.7 Å². The topological polar surface area (TPSA) is 80.6 Å².